The fourth-order valence-corrected chi connectivity index (χ4v) is 6.50. The molecule has 0 aliphatic carbocycles. The van der Waals surface area contributed by atoms with Gasteiger partial charge in [-0.05, 0) is 38.0 Å². The van der Waals surface area contributed by atoms with Crippen molar-refractivity contribution in [2.24, 2.45) is 5.92 Å². The van der Waals surface area contributed by atoms with Crippen molar-refractivity contribution in [2.75, 3.05) is 25.5 Å². The Bertz CT molecular complexity index is 1270. The third kappa shape index (κ3) is 4.28. The molecule has 2 aromatic carbocycles. The van der Waals surface area contributed by atoms with E-state index in [1.807, 2.05) is 31.2 Å². The van der Waals surface area contributed by atoms with E-state index in [9.17, 15) is 18.0 Å². The number of thiophene rings is 1. The van der Waals surface area contributed by atoms with Crippen LogP contribution in [-0.2, 0) is 19.6 Å². The van der Waals surface area contributed by atoms with Gasteiger partial charge in [-0.3, -0.25) is 4.79 Å². The second kappa shape index (κ2) is 9.01. The van der Waals surface area contributed by atoms with Gasteiger partial charge < -0.3 is 10.1 Å². The number of fused-ring (bicyclic) bond motifs is 1. The summed E-state index contributed by atoms with van der Waals surface area (Å²) in [6.07, 6.45) is 1.16. The molecule has 3 aromatic rings. The number of esters is 1. The molecule has 0 radical (unpaired) electrons. The first-order chi connectivity index (χ1) is 15.3. The first kappa shape index (κ1) is 22.4. The number of methoxy groups -OCH3 is 1. The highest BCUT2D eigenvalue weighted by Crippen LogP contribution is 2.37. The maximum Gasteiger partial charge on any atom is 0.341 e. The highest BCUT2D eigenvalue weighted by Gasteiger charge is 2.34. The van der Waals surface area contributed by atoms with E-state index in [0.717, 1.165) is 10.3 Å². The van der Waals surface area contributed by atoms with Crippen LogP contribution in [0.25, 0.3) is 10.1 Å². The van der Waals surface area contributed by atoms with Crippen molar-refractivity contribution in [3.63, 3.8) is 0 Å². The van der Waals surface area contributed by atoms with E-state index in [-0.39, 0.29) is 17.3 Å². The molecule has 9 heteroatoms. The minimum absolute atomic E-state index is 0.0977. The molecule has 7 nitrogen and oxygen atoms in total. The number of rotatable bonds is 5. The Morgan fingerprint density at radius 1 is 1.12 bits per heavy atom. The minimum Gasteiger partial charge on any atom is -0.465 e. The van der Waals surface area contributed by atoms with Gasteiger partial charge in [-0.25, -0.2) is 13.2 Å². The third-order valence-electron chi connectivity index (χ3n) is 5.64. The van der Waals surface area contributed by atoms with Crippen molar-refractivity contribution in [2.45, 2.75) is 24.7 Å². The smallest absolute Gasteiger partial charge is 0.341 e. The maximum atomic E-state index is 13.1. The van der Waals surface area contributed by atoms with Crippen LogP contribution in [0.3, 0.4) is 0 Å². The van der Waals surface area contributed by atoms with Crippen LogP contribution in [0.1, 0.15) is 28.8 Å². The molecule has 4 rings (SSSR count). The van der Waals surface area contributed by atoms with Gasteiger partial charge in [0.05, 0.1) is 17.9 Å². The van der Waals surface area contributed by atoms with Gasteiger partial charge in [-0.15, -0.1) is 11.3 Å². The molecule has 1 N–H and O–H groups in total. The molecule has 0 spiro atoms. The van der Waals surface area contributed by atoms with Gasteiger partial charge in [0.2, 0.25) is 15.9 Å². The number of anilines is 1. The maximum absolute atomic E-state index is 13.1. The molecule has 1 fully saturated rings. The number of hydrogen-bond donors (Lipinski definition) is 1. The van der Waals surface area contributed by atoms with E-state index in [0.29, 0.717) is 35.3 Å². The summed E-state index contributed by atoms with van der Waals surface area (Å²) in [5.41, 5.74) is 1.30. The van der Waals surface area contributed by atoms with Crippen molar-refractivity contribution in [3.8, 4) is 0 Å². The number of ether oxygens (including phenoxy) is 1. The van der Waals surface area contributed by atoms with E-state index < -0.39 is 21.9 Å². The summed E-state index contributed by atoms with van der Waals surface area (Å²) in [6, 6.07) is 14.1. The van der Waals surface area contributed by atoms with E-state index in [1.54, 1.807) is 24.3 Å². The van der Waals surface area contributed by atoms with Crippen LogP contribution in [0, 0.1) is 12.8 Å². The van der Waals surface area contributed by atoms with Gasteiger partial charge in [-0.2, -0.15) is 4.31 Å². The Hall–Kier alpha value is -2.75. The van der Waals surface area contributed by atoms with Gasteiger partial charge in [-0.1, -0.05) is 35.9 Å². The molecule has 0 saturated carbocycles. The van der Waals surface area contributed by atoms with E-state index in [4.69, 9.17) is 4.74 Å². The summed E-state index contributed by atoms with van der Waals surface area (Å²) in [5.74, 6) is -1.34. The minimum atomic E-state index is -3.68. The first-order valence-electron chi connectivity index (χ1n) is 10.3. The summed E-state index contributed by atoms with van der Waals surface area (Å²) >= 11 is 1.30. The number of aryl methyl sites for hydroxylation is 1. The average Bonchev–Trinajstić information content (AvgIpc) is 3.16. The van der Waals surface area contributed by atoms with Crippen molar-refractivity contribution < 1.29 is 22.7 Å². The number of nitrogens with one attached hydrogen (secondary N) is 1. The molecule has 1 amide bonds. The molecule has 168 valence electrons. The monoisotopic (exact) mass is 472 g/mol. The number of benzene rings is 2. The Kier molecular flexibility index (Phi) is 6.32. The molecule has 1 aliphatic heterocycles. The Balaban J connectivity index is 1.56. The van der Waals surface area contributed by atoms with Crippen LogP contribution in [0.5, 0.6) is 0 Å². The summed E-state index contributed by atoms with van der Waals surface area (Å²) in [6.45, 7) is 2.37. The Morgan fingerprint density at radius 3 is 2.56 bits per heavy atom. The molecule has 0 bridgehead atoms. The summed E-state index contributed by atoms with van der Waals surface area (Å²) in [7, 11) is -2.38. The zero-order valence-corrected chi connectivity index (χ0v) is 19.5. The molecule has 2 heterocycles. The molecular formula is C23H24N2O5S2. The van der Waals surface area contributed by atoms with Gasteiger partial charge in [0.1, 0.15) is 10.6 Å². The number of hydrogen-bond acceptors (Lipinski definition) is 6. The van der Waals surface area contributed by atoms with Crippen molar-refractivity contribution in [1.82, 2.24) is 4.31 Å². The zero-order valence-electron chi connectivity index (χ0n) is 17.8. The van der Waals surface area contributed by atoms with Gasteiger partial charge >= 0.3 is 5.97 Å². The van der Waals surface area contributed by atoms with Crippen LogP contribution in [0.4, 0.5) is 5.00 Å². The number of nitrogens with zero attached hydrogens (tertiary/aromatic N) is 1. The largest absolute Gasteiger partial charge is 0.465 e. The Morgan fingerprint density at radius 2 is 1.84 bits per heavy atom. The number of sulfonamides is 1. The van der Waals surface area contributed by atoms with Crippen molar-refractivity contribution >= 4 is 48.3 Å². The average molecular weight is 473 g/mol. The predicted octanol–water partition coefficient (Wildman–Crippen LogP) is 4.04. The highest BCUT2D eigenvalue weighted by molar-refractivity contribution is 7.89. The SMILES string of the molecule is COC(=O)c1c(NC(=O)C2CCCN(S(=O)(=O)c3ccc(C)cc3)C2)sc2ccccc12. The van der Waals surface area contributed by atoms with Gasteiger partial charge in [0, 0.05) is 23.2 Å². The fourth-order valence-electron chi connectivity index (χ4n) is 3.89. The van der Waals surface area contributed by atoms with Gasteiger partial charge in [0.25, 0.3) is 0 Å². The summed E-state index contributed by atoms with van der Waals surface area (Å²) < 4.78 is 33.3. The van der Waals surface area contributed by atoms with Crippen molar-refractivity contribution in [1.29, 1.82) is 0 Å². The highest BCUT2D eigenvalue weighted by atomic mass is 32.2. The van der Waals surface area contributed by atoms with Crippen LogP contribution >= 0.6 is 11.3 Å². The lowest BCUT2D eigenvalue weighted by molar-refractivity contribution is -0.120. The van der Waals surface area contributed by atoms with Crippen LogP contribution in [-0.4, -0.2) is 44.8 Å². The lowest BCUT2D eigenvalue weighted by atomic mass is 9.99. The normalized spacial score (nSPS) is 17.2. The number of carbonyl (C=O) groups excluding carboxylic acids is 2. The Labute approximate surface area is 191 Å². The molecule has 1 aromatic heterocycles. The molecule has 1 unspecified atom stereocenters. The predicted molar refractivity (Wildman–Crippen MR) is 124 cm³/mol. The number of piperidine rings is 1. The summed E-state index contributed by atoms with van der Waals surface area (Å²) in [4.78, 5) is 25.7. The molecular weight excluding hydrogens is 448 g/mol. The quantitative estimate of drug-likeness (QED) is 0.566. The van der Waals surface area contributed by atoms with Crippen molar-refractivity contribution in [3.05, 3.63) is 59.7 Å². The second-order valence-electron chi connectivity index (χ2n) is 7.80. The van der Waals surface area contributed by atoms with E-state index in [2.05, 4.69) is 5.32 Å². The molecule has 1 atom stereocenters. The van der Waals surface area contributed by atoms with E-state index >= 15 is 0 Å². The lowest BCUT2D eigenvalue weighted by Gasteiger charge is -2.31. The standard InChI is InChI=1S/C23H24N2O5S2/c1-15-9-11-17(12-10-15)32(28,29)25-13-5-6-16(14-25)21(26)24-22-20(23(27)30-2)18-7-3-4-8-19(18)31-22/h3-4,7-12,16H,5-6,13-14H2,1-2H3,(H,24,26). The van der Waals surface area contributed by atoms with Crippen LogP contribution in [0.15, 0.2) is 53.4 Å². The molecule has 1 aliphatic rings. The second-order valence-corrected chi connectivity index (χ2v) is 10.8. The zero-order chi connectivity index (χ0) is 22.9. The topological polar surface area (TPSA) is 92.8 Å². The molecule has 1 saturated heterocycles. The molecule has 32 heavy (non-hydrogen) atoms. The number of amides is 1. The van der Waals surface area contributed by atoms with Crippen LogP contribution in [0.2, 0.25) is 0 Å². The summed E-state index contributed by atoms with van der Waals surface area (Å²) in [5, 5.41) is 3.99. The van der Waals surface area contributed by atoms with E-state index in [1.165, 1.54) is 22.8 Å². The lowest BCUT2D eigenvalue weighted by Crippen LogP contribution is -2.43. The third-order valence-corrected chi connectivity index (χ3v) is 8.60. The van der Waals surface area contributed by atoms with Crippen LogP contribution < -0.4 is 5.32 Å². The number of carbonyl (C=O) groups is 2. The van der Waals surface area contributed by atoms with Gasteiger partial charge in [0.15, 0.2) is 0 Å². The first-order valence-corrected chi connectivity index (χ1v) is 12.5. The fraction of sp³-hybridized carbons (Fsp3) is 0.304.